The standard InChI is InChI=1S/C27H31ClN4O/c28-32-24-15-23(17-27(32,19-33-18-24)16-21-5-2-1-3-6-21)30-14-13-20-9-11-22(12-10-20)25-7-4-8-26(29)31-25/h1-12,23-24,30H,13-19H2,(H2,29,31). The molecule has 6 heteroatoms. The number of nitrogens with zero attached hydrogens (tertiary/aromatic N) is 2. The third-order valence-electron chi connectivity index (χ3n) is 6.88. The van der Waals surface area contributed by atoms with Crippen molar-refractivity contribution in [2.24, 2.45) is 0 Å². The number of pyridine rings is 1. The van der Waals surface area contributed by atoms with E-state index in [1.165, 1.54) is 11.1 Å². The van der Waals surface area contributed by atoms with Crippen molar-refractivity contribution >= 4 is 17.6 Å². The smallest absolute Gasteiger partial charge is 0.124 e. The van der Waals surface area contributed by atoms with Gasteiger partial charge in [-0.2, -0.15) is 0 Å². The Balaban J connectivity index is 1.19. The number of rotatable bonds is 7. The second-order valence-electron chi connectivity index (χ2n) is 9.35. The molecular weight excluding hydrogens is 432 g/mol. The fraction of sp³-hybridized carbons (Fsp3) is 0.370. The van der Waals surface area contributed by atoms with Crippen LogP contribution in [0.3, 0.4) is 0 Å². The van der Waals surface area contributed by atoms with Crippen molar-refractivity contribution in [1.29, 1.82) is 0 Å². The number of aromatic nitrogens is 1. The molecule has 5 nitrogen and oxygen atoms in total. The van der Waals surface area contributed by atoms with Crippen LogP contribution in [0.4, 0.5) is 5.82 Å². The van der Waals surface area contributed by atoms with E-state index in [1.54, 1.807) is 0 Å². The van der Waals surface area contributed by atoms with Crippen molar-refractivity contribution < 1.29 is 4.74 Å². The van der Waals surface area contributed by atoms with Crippen LogP contribution in [0.5, 0.6) is 0 Å². The second-order valence-corrected chi connectivity index (χ2v) is 9.72. The Morgan fingerprint density at radius 2 is 1.85 bits per heavy atom. The van der Waals surface area contributed by atoms with Gasteiger partial charge in [-0.05, 0) is 67.3 Å². The van der Waals surface area contributed by atoms with Gasteiger partial charge in [0.1, 0.15) is 5.82 Å². The molecule has 5 rings (SSSR count). The van der Waals surface area contributed by atoms with E-state index in [-0.39, 0.29) is 11.6 Å². The first-order valence-corrected chi connectivity index (χ1v) is 12.1. The number of nitrogens with one attached hydrogen (secondary N) is 1. The fourth-order valence-electron chi connectivity index (χ4n) is 5.28. The van der Waals surface area contributed by atoms with Crippen LogP contribution in [-0.4, -0.2) is 46.8 Å². The van der Waals surface area contributed by atoms with Crippen molar-refractivity contribution in [2.45, 2.75) is 43.3 Å². The highest BCUT2D eigenvalue weighted by Gasteiger charge is 2.49. The summed E-state index contributed by atoms with van der Waals surface area (Å²) in [6.45, 7) is 2.33. The number of nitrogens with two attached hydrogens (primary N) is 1. The zero-order valence-electron chi connectivity index (χ0n) is 18.8. The molecule has 0 aliphatic carbocycles. The quantitative estimate of drug-likeness (QED) is 0.507. The minimum Gasteiger partial charge on any atom is -0.384 e. The molecule has 2 aromatic carbocycles. The maximum Gasteiger partial charge on any atom is 0.124 e. The molecule has 2 saturated heterocycles. The van der Waals surface area contributed by atoms with Gasteiger partial charge in [0.05, 0.1) is 30.5 Å². The predicted octanol–water partition coefficient (Wildman–Crippen LogP) is 4.46. The highest BCUT2D eigenvalue weighted by Crippen LogP contribution is 2.40. The zero-order chi connectivity index (χ0) is 22.7. The highest BCUT2D eigenvalue weighted by molar-refractivity contribution is 6.14. The van der Waals surface area contributed by atoms with Crippen molar-refractivity contribution in [3.8, 4) is 11.3 Å². The Morgan fingerprint density at radius 1 is 1.03 bits per heavy atom. The van der Waals surface area contributed by atoms with Gasteiger partial charge in [0, 0.05) is 11.6 Å². The fourth-order valence-corrected chi connectivity index (χ4v) is 5.60. The number of morpholine rings is 1. The van der Waals surface area contributed by atoms with Crippen molar-refractivity contribution in [1.82, 2.24) is 14.7 Å². The Labute approximate surface area is 201 Å². The minimum atomic E-state index is -0.159. The molecule has 3 atom stereocenters. The van der Waals surface area contributed by atoms with Crippen molar-refractivity contribution in [3.05, 3.63) is 83.9 Å². The Bertz CT molecular complexity index is 1060. The van der Waals surface area contributed by atoms with E-state index in [0.29, 0.717) is 25.1 Å². The van der Waals surface area contributed by atoms with Gasteiger partial charge in [0.2, 0.25) is 0 Å². The van der Waals surface area contributed by atoms with Crippen LogP contribution in [-0.2, 0) is 17.6 Å². The van der Waals surface area contributed by atoms with Gasteiger partial charge in [-0.15, -0.1) is 0 Å². The van der Waals surface area contributed by atoms with Gasteiger partial charge in [-0.1, -0.05) is 60.7 Å². The van der Waals surface area contributed by atoms with Crippen LogP contribution in [0.15, 0.2) is 72.8 Å². The topological polar surface area (TPSA) is 63.4 Å². The average molecular weight is 463 g/mol. The lowest BCUT2D eigenvalue weighted by atomic mass is 9.78. The molecule has 172 valence electrons. The van der Waals surface area contributed by atoms with Crippen molar-refractivity contribution in [2.75, 3.05) is 25.5 Å². The second kappa shape index (κ2) is 9.82. The van der Waals surface area contributed by atoms with E-state index < -0.39 is 0 Å². The lowest BCUT2D eigenvalue weighted by Crippen LogP contribution is -2.65. The van der Waals surface area contributed by atoms with Crippen LogP contribution in [0.1, 0.15) is 24.0 Å². The summed E-state index contributed by atoms with van der Waals surface area (Å²) >= 11 is 6.87. The molecule has 2 aliphatic heterocycles. The van der Waals surface area contributed by atoms with E-state index in [4.69, 9.17) is 22.2 Å². The first kappa shape index (κ1) is 22.4. The average Bonchev–Trinajstić information content (AvgIpc) is 2.82. The number of piperidine rings is 1. The summed E-state index contributed by atoms with van der Waals surface area (Å²) < 4.78 is 8.07. The summed E-state index contributed by atoms with van der Waals surface area (Å²) in [5.41, 5.74) is 10.3. The molecular formula is C27H31ClN4O. The number of fused-ring (bicyclic) bond motifs is 2. The Kier molecular flexibility index (Phi) is 6.65. The molecule has 0 amide bonds. The van der Waals surface area contributed by atoms with E-state index in [2.05, 4.69) is 69.3 Å². The molecule has 3 heterocycles. The SMILES string of the molecule is Nc1cccc(-c2ccc(CCNC3CC4COCC(Cc5ccccc5)(C3)N4Cl)cc2)n1. The van der Waals surface area contributed by atoms with E-state index in [1.807, 2.05) is 18.2 Å². The normalized spacial score (nSPS) is 25.1. The molecule has 1 aromatic heterocycles. The first-order valence-electron chi connectivity index (χ1n) is 11.7. The number of nitrogen functional groups attached to an aromatic ring is 1. The van der Waals surface area contributed by atoms with E-state index >= 15 is 0 Å². The van der Waals surface area contributed by atoms with Gasteiger partial charge in [-0.3, -0.25) is 0 Å². The largest absolute Gasteiger partial charge is 0.384 e. The van der Waals surface area contributed by atoms with Crippen LogP contribution < -0.4 is 11.1 Å². The maximum atomic E-state index is 6.87. The van der Waals surface area contributed by atoms with Gasteiger partial charge in [0.15, 0.2) is 0 Å². The number of ether oxygens (including phenoxy) is 1. The summed E-state index contributed by atoms with van der Waals surface area (Å²) in [7, 11) is 0. The van der Waals surface area contributed by atoms with Crippen LogP contribution >= 0.6 is 11.8 Å². The molecule has 3 unspecified atom stereocenters. The van der Waals surface area contributed by atoms with Gasteiger partial charge < -0.3 is 15.8 Å². The number of anilines is 1. The van der Waals surface area contributed by atoms with Crippen LogP contribution in [0, 0.1) is 0 Å². The monoisotopic (exact) mass is 462 g/mol. The lowest BCUT2D eigenvalue weighted by molar-refractivity contribution is -0.0938. The Hall–Kier alpha value is -2.44. The van der Waals surface area contributed by atoms with E-state index in [0.717, 1.165) is 43.5 Å². The summed E-state index contributed by atoms with van der Waals surface area (Å²) in [4.78, 5) is 4.41. The molecule has 3 aromatic rings. The molecule has 33 heavy (non-hydrogen) atoms. The lowest BCUT2D eigenvalue weighted by Gasteiger charge is -2.53. The molecule has 2 fully saturated rings. The third-order valence-corrected chi connectivity index (χ3v) is 7.52. The Morgan fingerprint density at radius 3 is 2.64 bits per heavy atom. The molecule has 0 spiro atoms. The maximum absolute atomic E-state index is 6.87. The predicted molar refractivity (Wildman–Crippen MR) is 134 cm³/mol. The summed E-state index contributed by atoms with van der Waals surface area (Å²) in [6.07, 6.45) is 3.89. The molecule has 0 saturated carbocycles. The number of benzene rings is 2. The number of hydrogen-bond donors (Lipinski definition) is 2. The third kappa shape index (κ3) is 5.07. The molecule has 0 radical (unpaired) electrons. The summed E-state index contributed by atoms with van der Waals surface area (Å²) in [6, 6.07) is 25.7. The highest BCUT2D eigenvalue weighted by atomic mass is 35.5. The van der Waals surface area contributed by atoms with Gasteiger partial charge in [0.25, 0.3) is 0 Å². The van der Waals surface area contributed by atoms with Crippen molar-refractivity contribution in [3.63, 3.8) is 0 Å². The summed E-state index contributed by atoms with van der Waals surface area (Å²) in [5, 5.41) is 3.81. The van der Waals surface area contributed by atoms with Gasteiger partial charge in [-0.25, -0.2) is 9.40 Å². The van der Waals surface area contributed by atoms with Crippen LogP contribution in [0.2, 0.25) is 0 Å². The first-order chi connectivity index (χ1) is 16.1. The summed E-state index contributed by atoms with van der Waals surface area (Å²) in [5.74, 6) is 0.545. The number of halogens is 1. The molecule has 2 aliphatic rings. The van der Waals surface area contributed by atoms with Gasteiger partial charge >= 0.3 is 0 Å². The zero-order valence-corrected chi connectivity index (χ0v) is 19.5. The van der Waals surface area contributed by atoms with E-state index in [9.17, 15) is 0 Å². The van der Waals surface area contributed by atoms with Crippen LogP contribution in [0.25, 0.3) is 11.3 Å². The molecule has 2 bridgehead atoms. The molecule has 3 N–H and O–H groups in total. The number of hydrogen-bond acceptors (Lipinski definition) is 5. The minimum absolute atomic E-state index is 0.159.